The summed E-state index contributed by atoms with van der Waals surface area (Å²) in [7, 11) is 0. The highest BCUT2D eigenvalue weighted by Crippen LogP contribution is 2.46. The van der Waals surface area contributed by atoms with Gasteiger partial charge in [0.2, 0.25) is 11.9 Å². The lowest BCUT2D eigenvalue weighted by atomic mass is 9.97. The van der Waals surface area contributed by atoms with Crippen molar-refractivity contribution in [1.29, 1.82) is 0 Å². The fourth-order valence-electron chi connectivity index (χ4n) is 19.9. The van der Waals surface area contributed by atoms with E-state index in [1.807, 2.05) is 164 Å². The summed E-state index contributed by atoms with van der Waals surface area (Å²) in [5.74, 6) is 6.44. The Labute approximate surface area is 813 Å². The molecule has 0 spiro atoms. The van der Waals surface area contributed by atoms with Crippen LogP contribution in [0.25, 0.3) is 280 Å². The van der Waals surface area contributed by atoms with E-state index in [-0.39, 0.29) is 0 Å². The number of hydrogen-bond acceptors (Lipinski definition) is 14. The average molecular weight is 1820 g/mol. The number of rotatable bonds is 18. The largest absolute Gasteiger partial charge is 0.456 e. The minimum atomic E-state index is 0.466. The molecule has 662 valence electrons. The van der Waals surface area contributed by atoms with Crippen LogP contribution in [0, 0.1) is 0 Å². The summed E-state index contributed by atoms with van der Waals surface area (Å²) >= 11 is 0. The molecule has 19 aromatic carbocycles. The molecule has 8 aromatic heterocycles. The summed E-state index contributed by atoms with van der Waals surface area (Å²) in [5, 5.41) is 7.88. The van der Waals surface area contributed by atoms with Crippen molar-refractivity contribution >= 4 is 87.5 Å². The molecular formula is C126H76N14O2. The Balaban J connectivity index is 0.512. The zero-order valence-corrected chi connectivity index (χ0v) is 76.0. The van der Waals surface area contributed by atoms with Gasteiger partial charge in [-0.3, -0.25) is 9.13 Å². The zero-order chi connectivity index (χ0) is 93.7. The SMILES string of the molecule is c1ccc(-c2ccc(-c3nc(-c4cccc5oc6ccc(-c7cccc(-c8nc(-c9ccccc9)nc(-c9ccccc9)n8)c7)cc6c45)nc(-n4c5ccccc5c5cc(-c6cccc(-c7ccc(-c8nc(-c9ccccc9)nc(-c9cccc(-c%10ccc%11oc%12cccc(-c%13nc(-c%14ccccc%14)nc(-n%14c%15ccccc%15c%15cc(-c%16ccccc%16)ccc%15%14)n%13)c%12c%11c%10)c9)n8)cc7)c6)ccc54)n3)cc2)cc1. The van der Waals surface area contributed by atoms with Gasteiger partial charge >= 0.3 is 0 Å². The van der Waals surface area contributed by atoms with Crippen LogP contribution in [0.3, 0.4) is 0 Å². The summed E-state index contributed by atoms with van der Waals surface area (Å²) in [6.07, 6.45) is 0. The van der Waals surface area contributed by atoms with Gasteiger partial charge in [0, 0.05) is 98.7 Å². The van der Waals surface area contributed by atoms with Gasteiger partial charge in [0.25, 0.3) is 0 Å². The summed E-state index contributed by atoms with van der Waals surface area (Å²) < 4.78 is 17.9. The number of benzene rings is 19. The molecular weight excluding hydrogens is 1740 g/mol. The van der Waals surface area contributed by atoms with Crippen molar-refractivity contribution in [2.45, 2.75) is 0 Å². The van der Waals surface area contributed by atoms with E-state index in [4.69, 9.17) is 68.6 Å². The van der Waals surface area contributed by atoms with Crippen molar-refractivity contribution in [2.75, 3.05) is 0 Å². The molecule has 142 heavy (non-hydrogen) atoms. The summed E-state index contributed by atoms with van der Waals surface area (Å²) in [5.41, 5.74) is 27.8. The molecule has 0 bridgehead atoms. The minimum absolute atomic E-state index is 0.466. The van der Waals surface area contributed by atoms with Gasteiger partial charge < -0.3 is 8.83 Å². The van der Waals surface area contributed by atoms with Crippen molar-refractivity contribution in [2.24, 2.45) is 0 Å². The summed E-state index contributed by atoms with van der Waals surface area (Å²) in [6, 6.07) is 159. The van der Waals surface area contributed by atoms with Crippen LogP contribution >= 0.6 is 0 Å². The highest BCUT2D eigenvalue weighted by molar-refractivity contribution is 6.16. The highest BCUT2D eigenvalue weighted by Gasteiger charge is 2.27. The van der Waals surface area contributed by atoms with Gasteiger partial charge in [-0.05, 0) is 158 Å². The average Bonchev–Trinajstić information content (AvgIpc) is 1.58. The second-order valence-corrected chi connectivity index (χ2v) is 35.4. The third-order valence-corrected chi connectivity index (χ3v) is 26.8. The van der Waals surface area contributed by atoms with E-state index in [1.165, 1.54) is 0 Å². The predicted octanol–water partition coefficient (Wildman–Crippen LogP) is 31.1. The molecule has 0 radical (unpaired) electrons. The van der Waals surface area contributed by atoms with Crippen LogP contribution in [0.4, 0.5) is 0 Å². The maximum Gasteiger partial charge on any atom is 0.238 e. The third kappa shape index (κ3) is 14.8. The maximum atomic E-state index is 6.78. The monoisotopic (exact) mass is 1820 g/mol. The van der Waals surface area contributed by atoms with E-state index in [9.17, 15) is 0 Å². The van der Waals surface area contributed by atoms with E-state index in [0.717, 1.165) is 199 Å². The fourth-order valence-corrected chi connectivity index (χ4v) is 19.9. The molecule has 0 amide bonds. The Bertz CT molecular complexity index is 9600. The first-order valence-corrected chi connectivity index (χ1v) is 47.2. The molecule has 0 aliphatic rings. The lowest BCUT2D eigenvalue weighted by Gasteiger charge is -2.12. The number of aromatic nitrogens is 14. The van der Waals surface area contributed by atoms with E-state index >= 15 is 0 Å². The molecule has 0 aliphatic heterocycles. The first-order valence-electron chi connectivity index (χ1n) is 47.2. The molecule has 16 nitrogen and oxygen atoms in total. The Kier molecular flexibility index (Phi) is 19.8. The molecule has 0 N–H and O–H groups in total. The quantitative estimate of drug-likeness (QED) is 0.0788. The highest BCUT2D eigenvalue weighted by atomic mass is 16.3. The van der Waals surface area contributed by atoms with Crippen LogP contribution in [0.15, 0.2) is 470 Å². The molecule has 0 unspecified atom stereocenters. The van der Waals surface area contributed by atoms with E-state index in [2.05, 4.69) is 306 Å². The second kappa shape index (κ2) is 34.3. The summed E-state index contributed by atoms with van der Waals surface area (Å²) in [6.45, 7) is 0. The number of para-hydroxylation sites is 2. The number of hydrogen-bond donors (Lipinski definition) is 0. The lowest BCUT2D eigenvalue weighted by molar-refractivity contribution is 0.668. The van der Waals surface area contributed by atoms with Gasteiger partial charge in [-0.25, -0.2) is 39.9 Å². The second-order valence-electron chi connectivity index (χ2n) is 35.4. The van der Waals surface area contributed by atoms with Crippen LogP contribution in [0.1, 0.15) is 0 Å². The smallest absolute Gasteiger partial charge is 0.238 e. The van der Waals surface area contributed by atoms with Crippen molar-refractivity contribution in [1.82, 2.24) is 68.9 Å². The molecule has 27 rings (SSSR count). The van der Waals surface area contributed by atoms with Crippen LogP contribution in [-0.2, 0) is 0 Å². The molecule has 27 aromatic rings. The maximum absolute atomic E-state index is 6.78. The van der Waals surface area contributed by atoms with E-state index in [0.29, 0.717) is 81.3 Å². The van der Waals surface area contributed by atoms with Gasteiger partial charge in [0.1, 0.15) is 22.3 Å². The molecule has 0 atom stereocenters. The lowest BCUT2D eigenvalue weighted by Crippen LogP contribution is -2.06. The molecule has 0 fully saturated rings. The Morgan fingerprint density at radius 3 is 0.746 bits per heavy atom. The number of fused-ring (bicyclic) bond motifs is 12. The minimum Gasteiger partial charge on any atom is -0.456 e. The van der Waals surface area contributed by atoms with Gasteiger partial charge in [-0.2, -0.15) is 19.9 Å². The predicted molar refractivity (Wildman–Crippen MR) is 570 cm³/mol. The van der Waals surface area contributed by atoms with Gasteiger partial charge in [0.15, 0.2) is 58.2 Å². The van der Waals surface area contributed by atoms with Crippen LogP contribution in [0.2, 0.25) is 0 Å². The molecule has 0 aliphatic carbocycles. The number of furan rings is 2. The fraction of sp³-hybridized carbons (Fsp3) is 0. The van der Waals surface area contributed by atoms with E-state index < -0.39 is 0 Å². The van der Waals surface area contributed by atoms with Crippen LogP contribution in [0.5, 0.6) is 0 Å². The Morgan fingerprint density at radius 2 is 0.359 bits per heavy atom. The zero-order valence-electron chi connectivity index (χ0n) is 76.0. The molecule has 0 saturated carbocycles. The van der Waals surface area contributed by atoms with Gasteiger partial charge in [-0.1, -0.05) is 370 Å². The standard InChI is InChI=1S/C126H76N14O2/c1-7-28-77(29-8-1)79-54-58-86(59-55-79)120-134-124(100-49-27-53-112-114(100)104-76-93(64-69-110(104)142-112)89-42-24-44-95(71-89)121-129-115(81-32-11-3-12-33-81)127-116(130-121)82-34-13-4-14-35-82)138-126(136-120)140-106-51-22-20-47-98(106)102-74-92(63-67-108(102)140)88-41-23-40-87(70-88)80-56-60-85(61-57-80)118-128-117(83-36-15-5-16-37-83)131-122(132-118)96-45-25-43-90(72-96)94-65-68-109-103(75-94)113-99(48-26-52-111(113)141-109)123-133-119(84-38-17-6-18-39-84)135-125(137-123)139-105-50-21-19-46-97(105)101-73-91(62-66-107(101)139)78-30-9-2-10-31-78/h1-76H. The normalized spacial score (nSPS) is 11.7. The molecule has 16 heteroatoms. The van der Waals surface area contributed by atoms with Crippen molar-refractivity contribution in [3.05, 3.63) is 461 Å². The van der Waals surface area contributed by atoms with Crippen molar-refractivity contribution in [3.8, 4) is 193 Å². The Morgan fingerprint density at radius 1 is 0.134 bits per heavy atom. The van der Waals surface area contributed by atoms with Gasteiger partial charge in [0.05, 0.1) is 22.1 Å². The van der Waals surface area contributed by atoms with Crippen molar-refractivity contribution < 1.29 is 8.83 Å². The van der Waals surface area contributed by atoms with Crippen molar-refractivity contribution in [3.63, 3.8) is 0 Å². The first-order chi connectivity index (χ1) is 70.3. The molecule has 8 heterocycles. The topological polar surface area (TPSA) is 191 Å². The van der Waals surface area contributed by atoms with Gasteiger partial charge in [-0.15, -0.1) is 0 Å². The summed E-state index contributed by atoms with van der Waals surface area (Å²) in [4.78, 5) is 63.5. The molecule has 0 saturated heterocycles. The first kappa shape index (κ1) is 81.9. The Hall–Kier alpha value is -19.6. The number of nitrogens with zero attached hydrogens (tertiary/aromatic N) is 14. The van der Waals surface area contributed by atoms with Crippen LogP contribution < -0.4 is 0 Å². The van der Waals surface area contributed by atoms with E-state index in [1.54, 1.807) is 0 Å². The third-order valence-electron chi connectivity index (χ3n) is 26.8. The van der Waals surface area contributed by atoms with Crippen LogP contribution in [-0.4, -0.2) is 68.9 Å².